The van der Waals surface area contributed by atoms with Crippen molar-refractivity contribution in [2.45, 2.75) is 12.8 Å². The summed E-state index contributed by atoms with van der Waals surface area (Å²) < 4.78 is 3.73. The minimum atomic E-state index is 0.297. The lowest BCUT2D eigenvalue weighted by Gasteiger charge is -2.08. The molecule has 3 rings (SSSR count). The number of rotatable bonds is 2. The Bertz CT molecular complexity index is 837. The molecular formula is C14H12ClN5. The van der Waals surface area contributed by atoms with Gasteiger partial charge in [0.2, 0.25) is 0 Å². The van der Waals surface area contributed by atoms with Crippen LogP contribution in [0.5, 0.6) is 0 Å². The fraction of sp³-hybridized carbons (Fsp3) is 0.214. The summed E-state index contributed by atoms with van der Waals surface area (Å²) in [6.45, 7) is 1.92. The van der Waals surface area contributed by atoms with Gasteiger partial charge in [-0.25, -0.2) is 9.67 Å². The van der Waals surface area contributed by atoms with Crippen molar-refractivity contribution in [3.63, 3.8) is 0 Å². The van der Waals surface area contributed by atoms with Crippen LogP contribution in [-0.2, 0) is 12.9 Å². The summed E-state index contributed by atoms with van der Waals surface area (Å²) in [5.74, 6) is 1.04. The predicted octanol–water partition coefficient (Wildman–Crippen LogP) is 2.68. The van der Waals surface area contributed by atoms with E-state index in [-0.39, 0.29) is 0 Å². The SMILES string of the molecule is Cc1nn(C)c2c1nc(CCl)n2-c1cccc(C#N)c1. The molecule has 2 heterocycles. The molecule has 0 radical (unpaired) electrons. The van der Waals surface area contributed by atoms with Gasteiger partial charge in [-0.2, -0.15) is 10.4 Å². The van der Waals surface area contributed by atoms with E-state index >= 15 is 0 Å². The van der Waals surface area contributed by atoms with Gasteiger partial charge in [0.1, 0.15) is 11.3 Å². The van der Waals surface area contributed by atoms with Crippen molar-refractivity contribution < 1.29 is 0 Å². The van der Waals surface area contributed by atoms with Gasteiger partial charge in [0, 0.05) is 7.05 Å². The first-order valence-corrected chi connectivity index (χ1v) is 6.66. The van der Waals surface area contributed by atoms with Crippen LogP contribution in [0.25, 0.3) is 16.9 Å². The maximum Gasteiger partial charge on any atom is 0.163 e. The normalized spacial score (nSPS) is 10.9. The smallest absolute Gasteiger partial charge is 0.163 e. The molecule has 0 amide bonds. The van der Waals surface area contributed by atoms with Crippen molar-refractivity contribution in [1.82, 2.24) is 19.3 Å². The number of hydrogen-bond acceptors (Lipinski definition) is 3. The monoisotopic (exact) mass is 285 g/mol. The van der Waals surface area contributed by atoms with Crippen LogP contribution < -0.4 is 0 Å². The van der Waals surface area contributed by atoms with E-state index in [4.69, 9.17) is 16.9 Å². The van der Waals surface area contributed by atoms with Crippen LogP contribution >= 0.6 is 11.6 Å². The molecule has 5 nitrogen and oxygen atoms in total. The summed E-state index contributed by atoms with van der Waals surface area (Å²) in [7, 11) is 1.87. The summed E-state index contributed by atoms with van der Waals surface area (Å²) in [5, 5.41) is 13.4. The largest absolute Gasteiger partial charge is 0.280 e. The zero-order chi connectivity index (χ0) is 14.3. The lowest BCUT2D eigenvalue weighted by Crippen LogP contribution is -2.04. The van der Waals surface area contributed by atoms with Crippen LogP contribution in [0.3, 0.4) is 0 Å². The van der Waals surface area contributed by atoms with E-state index in [0.29, 0.717) is 11.4 Å². The van der Waals surface area contributed by atoms with E-state index in [0.717, 1.165) is 28.4 Å². The molecule has 0 fully saturated rings. The van der Waals surface area contributed by atoms with E-state index in [2.05, 4.69) is 16.2 Å². The Balaban J connectivity index is 2.36. The van der Waals surface area contributed by atoms with E-state index in [1.54, 1.807) is 10.7 Å². The number of alkyl halides is 1. The molecule has 0 saturated carbocycles. The highest BCUT2D eigenvalue weighted by Gasteiger charge is 2.18. The average molecular weight is 286 g/mol. The molecule has 0 atom stereocenters. The third-order valence-corrected chi connectivity index (χ3v) is 3.46. The van der Waals surface area contributed by atoms with Crippen LogP contribution in [-0.4, -0.2) is 19.3 Å². The number of aromatic nitrogens is 4. The topological polar surface area (TPSA) is 59.4 Å². The fourth-order valence-corrected chi connectivity index (χ4v) is 2.57. The molecule has 1 aromatic carbocycles. The van der Waals surface area contributed by atoms with Gasteiger partial charge in [0.05, 0.1) is 28.9 Å². The zero-order valence-corrected chi connectivity index (χ0v) is 11.9. The number of fused-ring (bicyclic) bond motifs is 1. The zero-order valence-electron chi connectivity index (χ0n) is 11.1. The maximum atomic E-state index is 9.04. The van der Waals surface area contributed by atoms with Gasteiger partial charge in [-0.15, -0.1) is 11.6 Å². The van der Waals surface area contributed by atoms with Gasteiger partial charge in [0.15, 0.2) is 5.65 Å². The molecule has 0 aliphatic rings. The molecule has 0 saturated heterocycles. The lowest BCUT2D eigenvalue weighted by atomic mass is 10.2. The van der Waals surface area contributed by atoms with E-state index in [9.17, 15) is 0 Å². The van der Waals surface area contributed by atoms with Crippen LogP contribution in [0.2, 0.25) is 0 Å². The van der Waals surface area contributed by atoms with Crippen molar-refractivity contribution >= 4 is 22.8 Å². The fourth-order valence-electron chi connectivity index (χ4n) is 2.39. The van der Waals surface area contributed by atoms with Gasteiger partial charge in [-0.3, -0.25) is 4.57 Å². The Morgan fingerprint density at radius 1 is 1.40 bits per heavy atom. The molecular weight excluding hydrogens is 274 g/mol. The number of benzene rings is 1. The number of hydrogen-bond donors (Lipinski definition) is 0. The van der Waals surface area contributed by atoms with Crippen molar-refractivity contribution in [3.8, 4) is 11.8 Å². The molecule has 0 unspecified atom stereocenters. The van der Waals surface area contributed by atoms with Gasteiger partial charge < -0.3 is 0 Å². The first-order valence-electron chi connectivity index (χ1n) is 6.13. The van der Waals surface area contributed by atoms with Gasteiger partial charge in [-0.05, 0) is 25.1 Å². The number of nitriles is 1. The first kappa shape index (κ1) is 12.7. The number of nitrogens with zero attached hydrogens (tertiary/aromatic N) is 5. The average Bonchev–Trinajstić information content (AvgIpc) is 2.98. The van der Waals surface area contributed by atoms with Crippen molar-refractivity contribution in [3.05, 3.63) is 41.3 Å². The quantitative estimate of drug-likeness (QED) is 0.680. The van der Waals surface area contributed by atoms with Gasteiger partial charge in [0.25, 0.3) is 0 Å². The number of imidazole rings is 1. The molecule has 0 N–H and O–H groups in total. The Kier molecular flexibility index (Phi) is 2.96. The summed E-state index contributed by atoms with van der Waals surface area (Å²) >= 11 is 6.01. The molecule has 0 aliphatic heterocycles. The highest BCUT2D eigenvalue weighted by atomic mass is 35.5. The minimum absolute atomic E-state index is 0.297. The molecule has 0 aliphatic carbocycles. The van der Waals surface area contributed by atoms with E-state index < -0.39 is 0 Å². The molecule has 3 aromatic rings. The Morgan fingerprint density at radius 3 is 2.90 bits per heavy atom. The summed E-state index contributed by atoms with van der Waals surface area (Å²) in [6.07, 6.45) is 0. The van der Waals surface area contributed by atoms with Gasteiger partial charge >= 0.3 is 0 Å². The third-order valence-electron chi connectivity index (χ3n) is 3.22. The minimum Gasteiger partial charge on any atom is -0.280 e. The molecule has 20 heavy (non-hydrogen) atoms. The van der Waals surface area contributed by atoms with Crippen LogP contribution in [0, 0.1) is 18.3 Å². The first-order chi connectivity index (χ1) is 9.65. The second-order valence-electron chi connectivity index (χ2n) is 4.54. The summed E-state index contributed by atoms with van der Waals surface area (Å²) in [6, 6.07) is 9.51. The standard InChI is InChI=1S/C14H12ClN5/c1-9-13-14(19(2)18-9)20(12(7-15)17-13)11-5-3-4-10(6-11)8-16/h3-6H,7H2,1-2H3. The van der Waals surface area contributed by atoms with Crippen molar-refractivity contribution in [1.29, 1.82) is 5.26 Å². The predicted molar refractivity (Wildman–Crippen MR) is 76.8 cm³/mol. The Hall–Kier alpha value is -2.32. The Labute approximate surface area is 121 Å². The molecule has 6 heteroatoms. The number of halogens is 1. The second-order valence-corrected chi connectivity index (χ2v) is 4.81. The summed E-state index contributed by atoms with van der Waals surface area (Å²) in [5.41, 5.74) is 4.05. The van der Waals surface area contributed by atoms with Crippen LogP contribution in [0.4, 0.5) is 0 Å². The van der Waals surface area contributed by atoms with E-state index in [1.165, 1.54) is 0 Å². The van der Waals surface area contributed by atoms with Crippen LogP contribution in [0.1, 0.15) is 17.1 Å². The highest BCUT2D eigenvalue weighted by molar-refractivity contribution is 6.17. The molecule has 2 aromatic heterocycles. The second kappa shape index (κ2) is 4.66. The maximum absolute atomic E-state index is 9.04. The van der Waals surface area contributed by atoms with Crippen molar-refractivity contribution in [2.75, 3.05) is 0 Å². The van der Waals surface area contributed by atoms with Crippen molar-refractivity contribution in [2.24, 2.45) is 7.05 Å². The highest BCUT2D eigenvalue weighted by Crippen LogP contribution is 2.24. The van der Waals surface area contributed by atoms with Gasteiger partial charge in [-0.1, -0.05) is 6.07 Å². The molecule has 0 bridgehead atoms. The molecule has 0 spiro atoms. The summed E-state index contributed by atoms with van der Waals surface area (Å²) in [4.78, 5) is 4.55. The third kappa shape index (κ3) is 1.77. The Morgan fingerprint density at radius 2 is 2.20 bits per heavy atom. The van der Waals surface area contributed by atoms with E-state index in [1.807, 2.05) is 36.7 Å². The molecule has 100 valence electrons. The lowest BCUT2D eigenvalue weighted by molar-refractivity contribution is 0.755. The van der Waals surface area contributed by atoms with Crippen LogP contribution in [0.15, 0.2) is 24.3 Å². The number of aryl methyl sites for hydroxylation is 2.